The van der Waals surface area contributed by atoms with Gasteiger partial charge in [0, 0.05) is 0 Å². The molecule has 0 saturated heterocycles. The molecule has 11 atom stereocenters. The van der Waals surface area contributed by atoms with Gasteiger partial charge in [-0.1, -0.05) is 0 Å². The van der Waals surface area contributed by atoms with E-state index in [4.69, 9.17) is 4.55 Å². The highest BCUT2D eigenvalue weighted by Gasteiger charge is 2.52. The first kappa shape index (κ1) is 28.0. The highest BCUT2D eigenvalue weighted by atomic mass is 32.2. The molecule has 0 aromatic heterocycles. The summed E-state index contributed by atoms with van der Waals surface area (Å²) >= 11 is 0. The predicted octanol–water partition coefficient (Wildman–Crippen LogP) is 3.82. The monoisotopic (exact) mass is 484 g/mol. The van der Waals surface area contributed by atoms with Crippen molar-refractivity contribution in [1.29, 1.82) is 0 Å². The minimum Gasteiger partial charge on any atom is -0.283 e. The van der Waals surface area contributed by atoms with Crippen LogP contribution < -0.4 is 0 Å². The summed E-state index contributed by atoms with van der Waals surface area (Å²) in [7, 11) is -5.98. The van der Waals surface area contributed by atoms with Crippen LogP contribution in [0.25, 0.3) is 0 Å². The largest absolute Gasteiger partial charge is 0.300 e. The molecule has 176 valence electrons. The summed E-state index contributed by atoms with van der Waals surface area (Å²) in [5.41, 5.74) is -4.19. The van der Waals surface area contributed by atoms with Crippen LogP contribution in [-0.2, 0) is 10.1 Å². The average Bonchev–Trinajstić information content (AvgIpc) is 2.66. The molecule has 0 aromatic carbocycles. The molecule has 0 heterocycles. The Balaban J connectivity index is 5.22. The van der Waals surface area contributed by atoms with E-state index >= 15 is 0 Å². The summed E-state index contributed by atoms with van der Waals surface area (Å²) < 4.78 is 197. The van der Waals surface area contributed by atoms with Crippen molar-refractivity contribution < 1.29 is 70.0 Å². The highest BCUT2D eigenvalue weighted by molar-refractivity contribution is 7.86. The summed E-state index contributed by atoms with van der Waals surface area (Å²) in [6.07, 6.45) is -46.1. The maximum absolute atomic E-state index is 13.4. The van der Waals surface area contributed by atoms with Gasteiger partial charge in [-0.15, -0.1) is 0 Å². The lowest BCUT2D eigenvalue weighted by atomic mass is 9.96. The molecular weight excluding hydrogens is 471 g/mol. The minimum atomic E-state index is -5.98. The molecule has 0 saturated carbocycles. The molecule has 0 bridgehead atoms. The van der Waals surface area contributed by atoms with Crippen LogP contribution in [0.3, 0.4) is 0 Å². The first-order valence-electron chi connectivity index (χ1n) is 7.26. The van der Waals surface area contributed by atoms with Crippen LogP contribution in [0.1, 0.15) is 0 Å². The van der Waals surface area contributed by atoms with Gasteiger partial charge in [0.15, 0.2) is 61.7 Å². The highest BCUT2D eigenvalue weighted by Crippen LogP contribution is 2.31. The first-order chi connectivity index (χ1) is 13.0. The van der Waals surface area contributed by atoms with E-state index in [2.05, 4.69) is 0 Å². The second kappa shape index (κ2) is 10.9. The average molecular weight is 484 g/mol. The van der Waals surface area contributed by atoms with Crippen molar-refractivity contribution >= 4 is 10.1 Å². The number of hydrogen-bond acceptors (Lipinski definition) is 2. The molecule has 0 aliphatic rings. The zero-order valence-corrected chi connectivity index (χ0v) is 14.3. The van der Waals surface area contributed by atoms with Crippen molar-refractivity contribution in [3.63, 3.8) is 0 Å². The van der Waals surface area contributed by atoms with Crippen molar-refractivity contribution in [3.05, 3.63) is 0 Å². The molecule has 0 rings (SSSR count). The van der Waals surface area contributed by atoms with Crippen LogP contribution in [0.2, 0.25) is 0 Å². The van der Waals surface area contributed by atoms with E-state index in [1.807, 2.05) is 0 Å². The normalized spacial score (nSPS) is 24.7. The fraction of sp³-hybridized carbons (Fsp3) is 1.00. The minimum absolute atomic E-state index is 4.01. The molecule has 0 aliphatic carbocycles. The SMILES string of the molecule is O=S(=O)(O)C(F)C(F)C(F)C(F)C(F)C(F)C(F)C(F)C(F)C(F)C(F)C(F)F. The Hall–Kier alpha value is -1.00. The maximum Gasteiger partial charge on any atom is 0.300 e. The topological polar surface area (TPSA) is 54.4 Å². The molecule has 0 amide bonds. The van der Waals surface area contributed by atoms with Crippen molar-refractivity contribution in [2.24, 2.45) is 0 Å². The predicted molar refractivity (Wildman–Crippen MR) is 71.4 cm³/mol. The molecule has 0 aromatic rings. The van der Waals surface area contributed by atoms with E-state index in [9.17, 15) is 65.5 Å². The third-order valence-electron chi connectivity index (χ3n) is 3.51. The van der Waals surface area contributed by atoms with Gasteiger partial charge >= 0.3 is 10.1 Å². The zero-order chi connectivity index (χ0) is 23.4. The molecule has 11 unspecified atom stereocenters. The van der Waals surface area contributed by atoms with Gasteiger partial charge in [-0.2, -0.15) is 8.42 Å². The fourth-order valence-corrected chi connectivity index (χ4v) is 2.33. The van der Waals surface area contributed by atoms with Gasteiger partial charge in [-0.05, 0) is 0 Å². The molecule has 3 nitrogen and oxygen atoms in total. The van der Waals surface area contributed by atoms with Crippen LogP contribution in [-0.4, -0.2) is 86.6 Å². The second-order valence-corrected chi connectivity index (χ2v) is 7.13. The van der Waals surface area contributed by atoms with Crippen LogP contribution in [0.4, 0.5) is 57.1 Å². The second-order valence-electron chi connectivity index (χ2n) is 5.64. The number of alkyl halides is 13. The van der Waals surface area contributed by atoms with Crippen molar-refractivity contribution in [1.82, 2.24) is 0 Å². The van der Waals surface area contributed by atoms with E-state index in [1.165, 1.54) is 0 Å². The van der Waals surface area contributed by atoms with E-state index < -0.39 is 83.8 Å². The number of hydrogen-bond donors (Lipinski definition) is 1. The molecule has 0 radical (unpaired) electrons. The summed E-state index contributed by atoms with van der Waals surface area (Å²) in [5, 5.41) is 0. The van der Waals surface area contributed by atoms with Gasteiger partial charge in [0.1, 0.15) is 0 Å². The van der Waals surface area contributed by atoms with Crippen LogP contribution >= 0.6 is 0 Å². The number of halogens is 13. The van der Waals surface area contributed by atoms with Crippen molar-refractivity contribution in [2.45, 2.75) is 73.6 Å². The van der Waals surface area contributed by atoms with E-state index in [0.717, 1.165) is 0 Å². The Kier molecular flexibility index (Phi) is 10.5. The van der Waals surface area contributed by atoms with E-state index in [-0.39, 0.29) is 0 Å². The summed E-state index contributed by atoms with van der Waals surface area (Å²) in [6, 6.07) is 0. The Bertz CT molecular complexity index is 596. The quantitative estimate of drug-likeness (QED) is 0.339. The lowest BCUT2D eigenvalue weighted by molar-refractivity contribution is -0.0775. The molecule has 1 N–H and O–H groups in total. The lowest BCUT2D eigenvalue weighted by Crippen LogP contribution is -2.50. The van der Waals surface area contributed by atoms with Gasteiger partial charge in [-0.25, -0.2) is 57.1 Å². The van der Waals surface area contributed by atoms with Crippen molar-refractivity contribution in [2.75, 3.05) is 0 Å². The van der Waals surface area contributed by atoms with Crippen LogP contribution in [0.5, 0.6) is 0 Å². The standard InChI is InChI=1S/C12H13F13O3S/c13-1(3(15)5(17)7(19)9(21)11(23)24)2(14)4(16)6(18)8(20)10(22)12(25)29(26,27)28/h1-12H,(H,26,27,28). The summed E-state index contributed by atoms with van der Waals surface area (Å²) in [5.74, 6) is 0. The van der Waals surface area contributed by atoms with Gasteiger partial charge in [0.05, 0.1) is 0 Å². The number of rotatable bonds is 12. The Morgan fingerprint density at radius 3 is 0.828 bits per heavy atom. The third-order valence-corrected chi connectivity index (χ3v) is 4.34. The summed E-state index contributed by atoms with van der Waals surface area (Å²) in [4.78, 5) is 0. The molecule has 0 aliphatic heterocycles. The molecule has 29 heavy (non-hydrogen) atoms. The maximum atomic E-state index is 13.4. The van der Waals surface area contributed by atoms with Gasteiger partial charge in [-0.3, -0.25) is 4.55 Å². The third kappa shape index (κ3) is 7.03. The Morgan fingerprint density at radius 1 is 0.414 bits per heavy atom. The van der Waals surface area contributed by atoms with Crippen LogP contribution in [0.15, 0.2) is 0 Å². The zero-order valence-electron chi connectivity index (χ0n) is 13.5. The van der Waals surface area contributed by atoms with E-state index in [0.29, 0.717) is 0 Å². The molecule has 0 fully saturated rings. The fourth-order valence-electron chi connectivity index (χ4n) is 1.85. The van der Waals surface area contributed by atoms with Gasteiger partial charge < -0.3 is 0 Å². The molecular formula is C12H13F13O3S. The first-order valence-corrected chi connectivity index (χ1v) is 8.76. The van der Waals surface area contributed by atoms with Gasteiger partial charge in [0.25, 0.3) is 11.9 Å². The smallest absolute Gasteiger partial charge is 0.283 e. The molecule has 0 spiro atoms. The summed E-state index contributed by atoms with van der Waals surface area (Å²) in [6.45, 7) is 0. The van der Waals surface area contributed by atoms with Crippen LogP contribution in [0, 0.1) is 0 Å². The Morgan fingerprint density at radius 2 is 0.621 bits per heavy atom. The van der Waals surface area contributed by atoms with E-state index in [1.54, 1.807) is 0 Å². The van der Waals surface area contributed by atoms with Crippen molar-refractivity contribution in [3.8, 4) is 0 Å². The Labute approximate surface area is 155 Å². The lowest BCUT2D eigenvalue weighted by Gasteiger charge is -2.27. The molecule has 17 heteroatoms. The van der Waals surface area contributed by atoms with Gasteiger partial charge in [0.2, 0.25) is 0 Å².